The molecule has 4 aromatic carbocycles. The van der Waals surface area contributed by atoms with Gasteiger partial charge in [0.15, 0.2) is 37.7 Å². The van der Waals surface area contributed by atoms with Crippen LogP contribution in [0.25, 0.3) is 11.3 Å². The number of aromatic nitrogens is 2. The molecule has 3 unspecified atom stereocenters. The molecule has 0 saturated heterocycles. The number of esters is 1. The summed E-state index contributed by atoms with van der Waals surface area (Å²) in [6, 6.07) is 18.0. The SMILES string of the molecule is CC(C)OC(=O)c1cc(-c2nn(C)c(C(F)(F)F)c2Br)c(F)cc1Cl.CC1COc2ccccc2N1C(=O)C(Cl)Cl.CCc1cccc(C)c1N(C(=O)CCl)C(C)COC.CS(=O)(=O)c1ccc(C(=O)C2C(=O)CCCC2=O)c([N+](=O)[O-])c1.C[S+](C)C.O=C(O)CNCP(=O)([O-])O. The number of carbonyl (C=O) groups excluding carboxylic acids is 6. The summed E-state index contributed by atoms with van der Waals surface area (Å²) in [7, 11) is -4.69. The molecule has 536 valence electrons. The Labute approximate surface area is 589 Å². The van der Waals surface area contributed by atoms with Crippen molar-refractivity contribution in [1.82, 2.24) is 15.1 Å². The molecule has 36 heteroatoms. The first-order chi connectivity index (χ1) is 44.9. The minimum atomic E-state index is -4.69. The topological polar surface area (TPSA) is 341 Å². The van der Waals surface area contributed by atoms with Crippen LogP contribution < -0.4 is 24.7 Å². The van der Waals surface area contributed by atoms with Gasteiger partial charge >= 0.3 is 18.1 Å². The molecule has 7 rings (SSSR count). The number of ketones is 3. The van der Waals surface area contributed by atoms with Gasteiger partial charge in [-0.1, -0.05) is 72.1 Å². The van der Waals surface area contributed by atoms with Crippen molar-refractivity contribution in [2.75, 3.05) is 73.9 Å². The van der Waals surface area contributed by atoms with Crippen LogP contribution in [0.3, 0.4) is 0 Å². The molecule has 2 amide bonds. The third-order valence-electron chi connectivity index (χ3n) is 13.0. The number of rotatable bonds is 18. The van der Waals surface area contributed by atoms with Gasteiger partial charge in [-0.2, -0.15) is 18.3 Å². The molecular weight excluding hydrogens is 1500 g/mol. The predicted octanol–water partition coefficient (Wildman–Crippen LogP) is 10.8. The first-order valence-corrected chi connectivity index (χ1v) is 37.4. The second-order valence-corrected chi connectivity index (χ2v) is 30.4. The summed E-state index contributed by atoms with van der Waals surface area (Å²) in [5, 5.41) is 24.6. The maximum absolute atomic E-state index is 14.3. The summed E-state index contributed by atoms with van der Waals surface area (Å²) in [6.07, 6.45) is 2.98. The van der Waals surface area contributed by atoms with E-state index >= 15 is 0 Å². The summed E-state index contributed by atoms with van der Waals surface area (Å²) in [6.45, 7) is 11.6. The highest BCUT2D eigenvalue weighted by molar-refractivity contribution is 9.10. The Morgan fingerprint density at radius 3 is 2.07 bits per heavy atom. The molecule has 1 saturated carbocycles. The number of amides is 2. The van der Waals surface area contributed by atoms with Crippen LogP contribution in [0.15, 0.2) is 82.2 Å². The molecule has 1 aliphatic carbocycles. The molecule has 24 nitrogen and oxygen atoms in total. The van der Waals surface area contributed by atoms with Crippen LogP contribution in [0.4, 0.5) is 34.6 Å². The van der Waals surface area contributed by atoms with E-state index in [9.17, 15) is 79.1 Å². The Hall–Kier alpha value is -6.09. The number of alkyl halides is 6. The second kappa shape index (κ2) is 39.6. The minimum absolute atomic E-state index is 0.0223. The van der Waals surface area contributed by atoms with Gasteiger partial charge in [-0.25, -0.2) is 17.6 Å². The number of hydrogen-bond donors (Lipinski definition) is 3. The fourth-order valence-corrected chi connectivity index (χ4v) is 11.3. The number of methoxy groups -OCH3 is 1. The highest BCUT2D eigenvalue weighted by atomic mass is 79.9. The molecule has 97 heavy (non-hydrogen) atoms. The van der Waals surface area contributed by atoms with Gasteiger partial charge < -0.3 is 43.5 Å². The number of carboxylic acid groups (broad SMARTS) is 1. The lowest BCUT2D eigenvalue weighted by molar-refractivity contribution is -0.385. The highest BCUT2D eigenvalue weighted by Gasteiger charge is 2.41. The molecule has 1 aromatic heterocycles. The third kappa shape index (κ3) is 26.8. The van der Waals surface area contributed by atoms with Crippen molar-refractivity contribution in [1.29, 1.82) is 0 Å². The molecule has 1 fully saturated rings. The van der Waals surface area contributed by atoms with Gasteiger partial charge in [-0.05, 0) is 122 Å². The van der Waals surface area contributed by atoms with E-state index in [0.717, 1.165) is 72.6 Å². The van der Waals surface area contributed by atoms with E-state index < -0.39 is 115 Å². The summed E-state index contributed by atoms with van der Waals surface area (Å²) in [4.78, 5) is 112. The van der Waals surface area contributed by atoms with E-state index in [4.69, 9.17) is 70.6 Å². The number of nitro benzene ring substituents is 1. The number of fused-ring (bicyclic) bond motifs is 1. The van der Waals surface area contributed by atoms with Crippen molar-refractivity contribution in [3.05, 3.63) is 126 Å². The molecule has 5 aromatic rings. The van der Waals surface area contributed by atoms with Crippen LogP contribution >= 0.6 is 69.9 Å². The summed E-state index contributed by atoms with van der Waals surface area (Å²) in [5.41, 5.74) is 0.904. The first-order valence-electron chi connectivity index (χ1n) is 28.7. The highest BCUT2D eigenvalue weighted by Crippen LogP contribution is 2.42. The first kappa shape index (κ1) is 87.0. The van der Waals surface area contributed by atoms with E-state index in [1.807, 2.05) is 62.5 Å². The van der Waals surface area contributed by atoms with E-state index in [2.05, 4.69) is 52.8 Å². The fourth-order valence-electron chi connectivity index (χ4n) is 8.96. The summed E-state index contributed by atoms with van der Waals surface area (Å²) < 4.78 is 102. The van der Waals surface area contributed by atoms with Gasteiger partial charge in [0.2, 0.25) is 5.91 Å². The van der Waals surface area contributed by atoms with Crippen LogP contribution in [-0.2, 0) is 78.4 Å². The minimum Gasteiger partial charge on any atom is -0.778 e. The van der Waals surface area contributed by atoms with Gasteiger partial charge in [0.05, 0.1) is 98.2 Å². The Morgan fingerprint density at radius 1 is 1.00 bits per heavy atom. The number of Topliss-reactive ketones (excluding diaryl/α,β-unsaturated/α-hetero) is 3. The van der Waals surface area contributed by atoms with Crippen molar-refractivity contribution in [2.45, 2.75) is 101 Å². The predicted molar refractivity (Wildman–Crippen MR) is 365 cm³/mol. The molecule has 2 heterocycles. The van der Waals surface area contributed by atoms with E-state index in [1.54, 1.807) is 30.8 Å². The molecule has 2 aliphatic rings. The second-order valence-electron chi connectivity index (χ2n) is 21.8. The van der Waals surface area contributed by atoms with Crippen LogP contribution in [-0.4, -0.2) is 161 Å². The number of aliphatic carboxylic acids is 1. The molecule has 0 radical (unpaired) electrons. The number of benzene rings is 4. The number of ether oxygens (including phenoxy) is 3. The van der Waals surface area contributed by atoms with Crippen molar-refractivity contribution in [3.63, 3.8) is 0 Å². The van der Waals surface area contributed by atoms with Crippen molar-refractivity contribution >= 4 is 149 Å². The normalized spacial score (nSPS) is 14.6. The third-order valence-corrected chi connectivity index (χ3v) is 16.4. The molecule has 3 N–H and O–H groups in total. The number of nitro groups is 1. The Kier molecular flexibility index (Phi) is 35.5. The molecular formula is C61H74BrCl4F4N6O18PS2. The Morgan fingerprint density at radius 2 is 1.59 bits per heavy atom. The maximum atomic E-state index is 14.3. The van der Waals surface area contributed by atoms with Gasteiger partial charge in [-0.15, -0.1) is 11.6 Å². The lowest BCUT2D eigenvalue weighted by Gasteiger charge is -2.35. The zero-order chi connectivity index (χ0) is 74.4. The zero-order valence-electron chi connectivity index (χ0n) is 54.5. The molecule has 0 bridgehead atoms. The number of aryl methyl sites for hydroxylation is 3. The average Bonchev–Trinajstić information content (AvgIpc) is 1.72. The number of carboxylic acids is 1. The summed E-state index contributed by atoms with van der Waals surface area (Å²) in [5.74, 6) is -6.26. The number of nitrogens with zero attached hydrogens (tertiary/aromatic N) is 5. The lowest BCUT2D eigenvalue weighted by Crippen LogP contribution is -2.47. The zero-order valence-corrected chi connectivity index (χ0v) is 61.6. The largest absolute Gasteiger partial charge is 0.778 e. The average molecular weight is 1570 g/mol. The van der Waals surface area contributed by atoms with Crippen LogP contribution in [0.2, 0.25) is 5.02 Å². The number of hydrogen-bond acceptors (Lipinski definition) is 18. The van der Waals surface area contributed by atoms with E-state index in [-0.39, 0.29) is 69.4 Å². The van der Waals surface area contributed by atoms with Crippen molar-refractivity contribution < 1.29 is 98.1 Å². The van der Waals surface area contributed by atoms with Crippen LogP contribution in [0.1, 0.15) is 91.4 Å². The van der Waals surface area contributed by atoms with Gasteiger partial charge in [0.25, 0.3) is 11.6 Å². The monoisotopic (exact) mass is 1570 g/mol. The van der Waals surface area contributed by atoms with Crippen LogP contribution in [0.5, 0.6) is 5.75 Å². The summed E-state index contributed by atoms with van der Waals surface area (Å²) >= 11 is 25.7. The maximum Gasteiger partial charge on any atom is 0.434 e. The van der Waals surface area contributed by atoms with Crippen molar-refractivity contribution in [3.8, 4) is 17.0 Å². The number of nitrogens with one attached hydrogen (secondary N) is 1. The van der Waals surface area contributed by atoms with E-state index in [0.29, 0.717) is 41.0 Å². The smallest absolute Gasteiger partial charge is 0.434 e. The van der Waals surface area contributed by atoms with Gasteiger partial charge in [0.1, 0.15) is 43.3 Å². The number of carbonyl (C=O) groups is 7. The molecule has 3 atom stereocenters. The lowest BCUT2D eigenvalue weighted by atomic mass is 9.81. The number of para-hydroxylation sites is 3. The van der Waals surface area contributed by atoms with E-state index in [1.165, 1.54) is 0 Å². The molecule has 1 aliphatic heterocycles. The quantitative estimate of drug-likeness (QED) is 0.00844. The Balaban J connectivity index is 0.000000416. The number of anilines is 2. The standard InChI is InChI=1S/C15H12BrClF4N2O2.C15H22ClNO2.C14H13NO7S.C11H11Cl2NO2.C3H8NO5P.C3H9S/c1-6(2)25-14(24)7-4-8(10(18)5-9(7)17)12-11(16)13(15(19,20)21)23(3)22-12;1-5-13-8-6-7-11(2)15(13)17(14(18)9-16)12(3)10-19-4;1-23(21,22)8-5-6-9(10(7-8)15(19)20)14(18)13-11(16)3-2-4-12(13)17;1-7-6-16-9-5-3-2-4-8(9)14(7)11(15)10(12)13;5-3(6)1-4-2-10(7,8)9;1-4(2)3/h4-6H,1-3H3;6-8,12H,5,9-10H2,1-4H3;5-7,13H,2-4H2,1H3;2-5,7,10H,6H2,1H3;4H,1-2H2,(H,5,6)(H2,7,8,9);1-3H3/q;;;;;+1/p-1. The van der Waals surface area contributed by atoms with Gasteiger partial charge in [-0.3, -0.25) is 48.9 Å². The number of sulfone groups is 1. The Bertz CT molecular complexity index is 3770. The number of halogens is 9. The van der Waals surface area contributed by atoms with Crippen molar-refractivity contribution in [2.24, 2.45) is 13.0 Å². The fraction of sp³-hybridized carbons (Fsp3) is 0.443. The van der Waals surface area contributed by atoms with Crippen LogP contribution in [0, 0.1) is 28.8 Å². The van der Waals surface area contributed by atoms with Gasteiger partial charge in [0, 0.05) is 44.9 Å². The molecule has 0 spiro atoms.